The Kier molecular flexibility index (Phi) is 5.87. The molecule has 1 aliphatic rings. The second-order valence-corrected chi connectivity index (χ2v) is 12.2. The fraction of sp³-hybridized carbons (Fsp3) is 0.0233. The van der Waals surface area contributed by atoms with E-state index in [1.807, 2.05) is 54.6 Å². The van der Waals surface area contributed by atoms with Crippen molar-refractivity contribution in [2.75, 3.05) is 0 Å². The smallest absolute Gasteiger partial charge is 0.159 e. The fourth-order valence-electron chi connectivity index (χ4n) is 7.06. The van der Waals surface area contributed by atoms with Crippen LogP contribution in [0.1, 0.15) is 22.9 Å². The number of hydrogen-bond acceptors (Lipinski definition) is 5. The summed E-state index contributed by atoms with van der Waals surface area (Å²) in [4.78, 5) is 10.3. The molecule has 10 rings (SSSR count). The van der Waals surface area contributed by atoms with Gasteiger partial charge in [-0.2, -0.15) is 0 Å². The Labute approximate surface area is 275 Å². The highest BCUT2D eigenvalue weighted by atomic mass is 16.3. The summed E-state index contributed by atoms with van der Waals surface area (Å²) in [6.07, 6.45) is -0.326. The van der Waals surface area contributed by atoms with E-state index in [9.17, 15) is 0 Å². The van der Waals surface area contributed by atoms with Crippen molar-refractivity contribution in [3.8, 4) is 11.1 Å². The molecule has 0 saturated carbocycles. The maximum absolute atomic E-state index is 6.72. The molecule has 3 heterocycles. The first-order valence-electron chi connectivity index (χ1n) is 16.1. The monoisotopic (exact) mass is 617 g/mol. The van der Waals surface area contributed by atoms with Crippen LogP contribution in [0.5, 0.6) is 0 Å². The van der Waals surface area contributed by atoms with Crippen LogP contribution in [-0.2, 0) is 0 Å². The molecule has 2 aromatic heterocycles. The molecule has 226 valence electrons. The van der Waals surface area contributed by atoms with Gasteiger partial charge in [-0.25, -0.2) is 9.98 Å². The van der Waals surface area contributed by atoms with Crippen LogP contribution in [0.4, 0.5) is 0 Å². The summed E-state index contributed by atoms with van der Waals surface area (Å²) in [7, 11) is 0. The quantitative estimate of drug-likeness (QED) is 0.214. The number of rotatable bonds is 4. The summed E-state index contributed by atoms with van der Waals surface area (Å²) in [5, 5.41) is 10.2. The largest absolute Gasteiger partial charge is 0.456 e. The number of nitrogens with zero attached hydrogens (tertiary/aromatic N) is 2. The molecule has 9 aromatic rings. The van der Waals surface area contributed by atoms with Gasteiger partial charge in [-0.3, -0.25) is 0 Å². The molecule has 1 N–H and O–H groups in total. The minimum atomic E-state index is -0.326. The van der Waals surface area contributed by atoms with E-state index in [1.54, 1.807) is 0 Å². The van der Waals surface area contributed by atoms with Gasteiger partial charge in [-0.1, -0.05) is 115 Å². The van der Waals surface area contributed by atoms with Gasteiger partial charge in [0.15, 0.2) is 5.84 Å². The van der Waals surface area contributed by atoms with Crippen LogP contribution >= 0.6 is 0 Å². The number of nitrogens with one attached hydrogen (secondary N) is 1. The molecule has 1 aliphatic heterocycles. The number of fused-ring (bicyclic) bond motifs is 7. The van der Waals surface area contributed by atoms with Crippen molar-refractivity contribution >= 4 is 66.3 Å². The molecule has 0 amide bonds. The Morgan fingerprint density at radius 3 is 2.02 bits per heavy atom. The van der Waals surface area contributed by atoms with Crippen LogP contribution in [0.3, 0.4) is 0 Å². The lowest BCUT2D eigenvalue weighted by Crippen LogP contribution is -2.33. The van der Waals surface area contributed by atoms with E-state index in [0.717, 1.165) is 88.3 Å². The summed E-state index contributed by atoms with van der Waals surface area (Å²) in [6, 6.07) is 52.1. The number of furan rings is 2. The zero-order valence-electron chi connectivity index (χ0n) is 25.7. The minimum Gasteiger partial charge on any atom is -0.456 e. The summed E-state index contributed by atoms with van der Waals surface area (Å²) in [5.41, 5.74) is 8.40. The van der Waals surface area contributed by atoms with Gasteiger partial charge in [-0.15, -0.1) is 0 Å². The van der Waals surface area contributed by atoms with Crippen LogP contribution in [0.15, 0.2) is 170 Å². The van der Waals surface area contributed by atoms with E-state index in [4.69, 9.17) is 18.8 Å². The van der Waals surface area contributed by atoms with Crippen molar-refractivity contribution in [1.29, 1.82) is 0 Å². The molecule has 0 fully saturated rings. The van der Waals surface area contributed by atoms with Crippen molar-refractivity contribution in [1.82, 2.24) is 5.32 Å². The van der Waals surface area contributed by atoms with Gasteiger partial charge in [0.2, 0.25) is 0 Å². The maximum Gasteiger partial charge on any atom is 0.159 e. The molecule has 0 saturated heterocycles. The number of aliphatic imine (C=N–C) groups is 2. The number of benzene rings is 7. The van der Waals surface area contributed by atoms with Crippen LogP contribution in [-0.4, -0.2) is 11.7 Å². The van der Waals surface area contributed by atoms with Crippen molar-refractivity contribution in [3.05, 3.63) is 168 Å². The summed E-state index contributed by atoms with van der Waals surface area (Å²) < 4.78 is 13.0. The molecule has 0 bridgehead atoms. The minimum absolute atomic E-state index is 0.326. The normalized spacial score (nSPS) is 14.9. The molecule has 0 radical (unpaired) electrons. The second kappa shape index (κ2) is 10.5. The highest BCUT2D eigenvalue weighted by Crippen LogP contribution is 2.41. The third-order valence-corrected chi connectivity index (χ3v) is 9.30. The van der Waals surface area contributed by atoms with Crippen LogP contribution in [0.2, 0.25) is 0 Å². The average Bonchev–Trinajstić information content (AvgIpc) is 3.72. The van der Waals surface area contributed by atoms with E-state index >= 15 is 0 Å². The van der Waals surface area contributed by atoms with Crippen molar-refractivity contribution in [3.63, 3.8) is 0 Å². The molecular weight excluding hydrogens is 590 g/mol. The average molecular weight is 618 g/mol. The number of hydrogen-bond donors (Lipinski definition) is 1. The molecule has 1 atom stereocenters. The summed E-state index contributed by atoms with van der Waals surface area (Å²) in [6.45, 7) is 0. The zero-order chi connectivity index (χ0) is 31.6. The highest BCUT2D eigenvalue weighted by Gasteiger charge is 2.25. The Balaban J connectivity index is 1.28. The summed E-state index contributed by atoms with van der Waals surface area (Å²) in [5.74, 6) is 1.42. The SMILES string of the molecule is c1ccc(C2=NC(c3ccccc3)NC(c3cc(-c4cccc5oc6ccccc6c45)cc4oc5cc6ccccc6cc5c34)=N2)cc1. The lowest BCUT2D eigenvalue weighted by molar-refractivity contribution is 0.668. The molecule has 48 heavy (non-hydrogen) atoms. The molecule has 1 unspecified atom stereocenters. The van der Waals surface area contributed by atoms with Gasteiger partial charge in [0.1, 0.15) is 34.3 Å². The van der Waals surface area contributed by atoms with E-state index in [0.29, 0.717) is 5.84 Å². The third kappa shape index (κ3) is 4.25. The van der Waals surface area contributed by atoms with Crippen LogP contribution in [0.25, 0.3) is 65.8 Å². The summed E-state index contributed by atoms with van der Waals surface area (Å²) >= 11 is 0. The Morgan fingerprint density at radius 2 is 1.17 bits per heavy atom. The molecule has 7 aromatic carbocycles. The predicted octanol–water partition coefficient (Wildman–Crippen LogP) is 10.8. The van der Waals surface area contributed by atoms with Gasteiger partial charge >= 0.3 is 0 Å². The first-order valence-corrected chi connectivity index (χ1v) is 16.1. The predicted molar refractivity (Wildman–Crippen MR) is 196 cm³/mol. The maximum atomic E-state index is 6.72. The highest BCUT2D eigenvalue weighted by molar-refractivity contribution is 6.24. The first kappa shape index (κ1) is 26.7. The second-order valence-electron chi connectivity index (χ2n) is 12.2. The van der Waals surface area contributed by atoms with Crippen molar-refractivity contribution < 1.29 is 8.83 Å². The van der Waals surface area contributed by atoms with Crippen LogP contribution in [0, 0.1) is 0 Å². The molecule has 5 heteroatoms. The zero-order valence-corrected chi connectivity index (χ0v) is 25.7. The molecule has 5 nitrogen and oxygen atoms in total. The Hall–Kier alpha value is -6.46. The molecule has 0 spiro atoms. The molecule has 0 aliphatic carbocycles. The van der Waals surface area contributed by atoms with Crippen LogP contribution < -0.4 is 5.32 Å². The lowest BCUT2D eigenvalue weighted by Gasteiger charge is -2.24. The Bertz CT molecular complexity index is 2760. The first-order chi connectivity index (χ1) is 23.8. The van der Waals surface area contributed by atoms with Crippen molar-refractivity contribution in [2.45, 2.75) is 6.17 Å². The fourth-order valence-corrected chi connectivity index (χ4v) is 7.06. The van der Waals surface area contributed by atoms with E-state index < -0.39 is 0 Å². The lowest BCUT2D eigenvalue weighted by atomic mass is 9.94. The Morgan fingerprint density at radius 1 is 0.479 bits per heavy atom. The standard InChI is InChI=1S/C43H27N3O2/c1-3-12-26(13-4-1)41-44-42(27-14-5-2-6-15-27)46-43(45-41)34-23-30(31-19-11-21-36-39(31)32-18-9-10-20-35(32)47-36)25-38-40(34)33-22-28-16-7-8-17-29(28)24-37(33)48-38/h1-25,41H,(H,44,45,46). The van der Waals surface area contributed by atoms with E-state index in [2.05, 4.69) is 102 Å². The van der Waals surface area contributed by atoms with E-state index in [1.165, 1.54) is 0 Å². The van der Waals surface area contributed by atoms with Gasteiger partial charge in [0, 0.05) is 32.7 Å². The number of para-hydroxylation sites is 1. The van der Waals surface area contributed by atoms with E-state index in [-0.39, 0.29) is 6.17 Å². The van der Waals surface area contributed by atoms with Gasteiger partial charge < -0.3 is 14.2 Å². The number of amidine groups is 2. The van der Waals surface area contributed by atoms with Crippen molar-refractivity contribution in [2.24, 2.45) is 9.98 Å². The van der Waals surface area contributed by atoms with Gasteiger partial charge in [0.05, 0.1) is 0 Å². The van der Waals surface area contributed by atoms with Gasteiger partial charge in [0.25, 0.3) is 0 Å². The molecular formula is C43H27N3O2. The third-order valence-electron chi connectivity index (χ3n) is 9.30. The topological polar surface area (TPSA) is 63.0 Å². The van der Waals surface area contributed by atoms with Gasteiger partial charge in [-0.05, 0) is 63.9 Å².